The average molecular weight is 351 g/mol. The molecule has 128 valence electrons. The van der Waals surface area contributed by atoms with Crippen molar-refractivity contribution < 1.29 is 22.7 Å². The van der Waals surface area contributed by atoms with Gasteiger partial charge in [-0.2, -0.15) is 5.10 Å². The maximum Gasteiger partial charge on any atom is 0.262 e. The number of ether oxygens (including phenoxy) is 1. The van der Waals surface area contributed by atoms with Gasteiger partial charge in [-0.1, -0.05) is 0 Å². The Morgan fingerprint density at radius 3 is 2.92 bits per heavy atom. The second kappa shape index (κ2) is 6.23. The van der Waals surface area contributed by atoms with Gasteiger partial charge >= 0.3 is 0 Å². The molecule has 1 saturated heterocycles. The van der Waals surface area contributed by atoms with E-state index in [2.05, 4.69) is 15.8 Å². The van der Waals surface area contributed by atoms with E-state index in [1.54, 1.807) is 25.1 Å². The van der Waals surface area contributed by atoms with Gasteiger partial charge in [-0.15, -0.1) is 0 Å². The lowest BCUT2D eigenvalue weighted by atomic mass is 10.1. The van der Waals surface area contributed by atoms with Crippen molar-refractivity contribution in [2.75, 3.05) is 23.4 Å². The van der Waals surface area contributed by atoms with Crippen LogP contribution in [0.25, 0.3) is 0 Å². The van der Waals surface area contributed by atoms with Gasteiger partial charge in [-0.3, -0.25) is 9.59 Å². The van der Waals surface area contributed by atoms with Crippen molar-refractivity contribution in [3.63, 3.8) is 0 Å². The Morgan fingerprint density at radius 1 is 1.42 bits per heavy atom. The molecular weight excluding hydrogens is 334 g/mol. The van der Waals surface area contributed by atoms with Crippen LogP contribution in [0.5, 0.6) is 5.75 Å². The predicted octanol–water partition coefficient (Wildman–Crippen LogP) is 0.292. The zero-order valence-corrected chi connectivity index (χ0v) is 13.9. The normalized spacial score (nSPS) is 22.3. The first-order valence-electron chi connectivity index (χ1n) is 7.46. The number of hydrazone groups is 1. The van der Waals surface area contributed by atoms with E-state index in [0.29, 0.717) is 29.1 Å². The highest BCUT2D eigenvalue weighted by Crippen LogP contribution is 2.28. The van der Waals surface area contributed by atoms with Crippen LogP contribution < -0.4 is 15.5 Å². The fourth-order valence-electron chi connectivity index (χ4n) is 2.60. The van der Waals surface area contributed by atoms with Gasteiger partial charge in [0.25, 0.3) is 5.91 Å². The number of hydrogen-bond donors (Lipinski definition) is 2. The lowest BCUT2D eigenvalue weighted by Gasteiger charge is -2.18. The topological polar surface area (TPSA) is 114 Å². The number of carbonyl (C=O) groups excluding carboxylic acids is 2. The number of fused-ring (bicyclic) bond motifs is 1. The lowest BCUT2D eigenvalue weighted by Crippen LogP contribution is -2.28. The number of sulfone groups is 1. The van der Waals surface area contributed by atoms with Crippen LogP contribution in [0.4, 0.5) is 5.69 Å². The summed E-state index contributed by atoms with van der Waals surface area (Å²) in [6.07, 6.45) is 0.324. The van der Waals surface area contributed by atoms with Crippen LogP contribution >= 0.6 is 0 Å². The van der Waals surface area contributed by atoms with Gasteiger partial charge in [-0.05, 0) is 37.1 Å². The van der Waals surface area contributed by atoms with Crippen molar-refractivity contribution >= 4 is 33.1 Å². The summed E-state index contributed by atoms with van der Waals surface area (Å²) in [7, 11) is -3.11. The fourth-order valence-corrected chi connectivity index (χ4v) is 4.35. The molecule has 2 N–H and O–H groups in total. The molecule has 2 heterocycles. The van der Waals surface area contributed by atoms with Gasteiger partial charge in [-0.25, -0.2) is 13.8 Å². The minimum atomic E-state index is -3.11. The first-order chi connectivity index (χ1) is 11.3. The molecule has 1 aromatic carbocycles. The predicted molar refractivity (Wildman–Crippen MR) is 87.7 cm³/mol. The SMILES string of the molecule is C/C(=N/NC(=O)[C@H]1CCS(=O)(=O)C1)c1ccc2c(c1)NC(=O)CO2. The molecule has 3 rings (SSSR count). The minimum absolute atomic E-state index is 0.0141. The minimum Gasteiger partial charge on any atom is -0.482 e. The molecule has 9 heteroatoms. The van der Waals surface area contributed by atoms with Gasteiger partial charge in [0.15, 0.2) is 16.4 Å². The van der Waals surface area contributed by atoms with Crippen molar-refractivity contribution in [2.24, 2.45) is 11.0 Å². The van der Waals surface area contributed by atoms with Crippen LogP contribution in [0.15, 0.2) is 23.3 Å². The van der Waals surface area contributed by atoms with E-state index in [1.807, 2.05) is 0 Å². The number of nitrogens with one attached hydrogen (secondary N) is 2. The maximum atomic E-state index is 12.0. The van der Waals surface area contributed by atoms with Gasteiger partial charge in [0, 0.05) is 0 Å². The molecule has 2 amide bonds. The number of amides is 2. The van der Waals surface area contributed by atoms with Crippen molar-refractivity contribution in [1.82, 2.24) is 5.43 Å². The zero-order valence-electron chi connectivity index (χ0n) is 13.0. The number of nitrogens with zero attached hydrogens (tertiary/aromatic N) is 1. The molecule has 1 fully saturated rings. The van der Waals surface area contributed by atoms with Crippen molar-refractivity contribution in [1.29, 1.82) is 0 Å². The van der Waals surface area contributed by atoms with Gasteiger partial charge in [0.2, 0.25) is 5.91 Å². The Kier molecular flexibility index (Phi) is 4.27. The van der Waals surface area contributed by atoms with Crippen LogP contribution in [0.2, 0.25) is 0 Å². The maximum absolute atomic E-state index is 12.0. The number of hydrogen-bond acceptors (Lipinski definition) is 6. The van der Waals surface area contributed by atoms with E-state index in [9.17, 15) is 18.0 Å². The molecule has 24 heavy (non-hydrogen) atoms. The quantitative estimate of drug-likeness (QED) is 0.600. The fraction of sp³-hybridized carbons (Fsp3) is 0.400. The molecule has 0 radical (unpaired) electrons. The largest absolute Gasteiger partial charge is 0.482 e. The lowest BCUT2D eigenvalue weighted by molar-refractivity contribution is -0.124. The highest BCUT2D eigenvalue weighted by atomic mass is 32.2. The zero-order chi connectivity index (χ0) is 17.3. The molecule has 0 bridgehead atoms. The molecular formula is C15H17N3O5S. The van der Waals surface area contributed by atoms with Gasteiger partial charge < -0.3 is 10.1 Å². The average Bonchev–Trinajstić information content (AvgIpc) is 2.91. The second-order valence-electron chi connectivity index (χ2n) is 5.82. The summed E-state index contributed by atoms with van der Waals surface area (Å²) in [6.45, 7) is 1.69. The van der Waals surface area contributed by atoms with E-state index in [0.717, 1.165) is 0 Å². The van der Waals surface area contributed by atoms with Gasteiger partial charge in [0.05, 0.1) is 28.8 Å². The molecule has 1 atom stereocenters. The molecule has 0 aliphatic carbocycles. The van der Waals surface area contributed by atoms with E-state index in [-0.39, 0.29) is 24.0 Å². The number of anilines is 1. The second-order valence-corrected chi connectivity index (χ2v) is 8.05. The third-order valence-electron chi connectivity index (χ3n) is 3.97. The summed E-state index contributed by atoms with van der Waals surface area (Å²) in [6, 6.07) is 5.19. The third-order valence-corrected chi connectivity index (χ3v) is 5.74. The van der Waals surface area contributed by atoms with Crippen LogP contribution in [0, 0.1) is 5.92 Å². The van der Waals surface area contributed by atoms with E-state index in [4.69, 9.17) is 4.74 Å². The monoisotopic (exact) mass is 351 g/mol. The van der Waals surface area contributed by atoms with Crippen LogP contribution in [0.3, 0.4) is 0 Å². The van der Waals surface area contributed by atoms with Crippen LogP contribution in [-0.4, -0.2) is 44.1 Å². The summed E-state index contributed by atoms with van der Waals surface area (Å²) in [4.78, 5) is 23.3. The van der Waals surface area contributed by atoms with Gasteiger partial charge in [0.1, 0.15) is 5.75 Å². The summed E-state index contributed by atoms with van der Waals surface area (Å²) in [5, 5.41) is 6.72. The molecule has 0 saturated carbocycles. The van der Waals surface area contributed by atoms with E-state index >= 15 is 0 Å². The molecule has 1 aromatic rings. The summed E-state index contributed by atoms with van der Waals surface area (Å²) in [5.41, 5.74) is 4.20. The number of rotatable bonds is 3. The molecule has 8 nitrogen and oxygen atoms in total. The standard InChI is InChI=1S/C15H17N3O5S/c1-9(17-18-15(20)11-4-5-24(21,22)8-11)10-2-3-13-12(6-10)16-14(19)7-23-13/h2-3,6,11H,4-5,7-8H2,1H3,(H,16,19)(H,18,20)/b17-9-/t11-/m0/s1. The van der Waals surface area contributed by atoms with Crippen molar-refractivity contribution in [3.05, 3.63) is 23.8 Å². The van der Waals surface area contributed by atoms with Crippen LogP contribution in [0.1, 0.15) is 18.9 Å². The Balaban J connectivity index is 1.69. The third kappa shape index (κ3) is 3.56. The number of benzene rings is 1. The molecule has 2 aliphatic rings. The highest BCUT2D eigenvalue weighted by Gasteiger charge is 2.32. The summed E-state index contributed by atoms with van der Waals surface area (Å²) < 4.78 is 28.1. The Labute approximate surface area is 139 Å². The Hall–Kier alpha value is -2.42. The molecule has 0 aromatic heterocycles. The van der Waals surface area contributed by atoms with E-state index in [1.165, 1.54) is 0 Å². The number of carbonyl (C=O) groups is 2. The molecule has 0 unspecified atom stereocenters. The van der Waals surface area contributed by atoms with Crippen molar-refractivity contribution in [2.45, 2.75) is 13.3 Å². The molecule has 0 spiro atoms. The molecule has 2 aliphatic heterocycles. The summed E-state index contributed by atoms with van der Waals surface area (Å²) in [5.74, 6) is -0.697. The smallest absolute Gasteiger partial charge is 0.262 e. The summed E-state index contributed by atoms with van der Waals surface area (Å²) >= 11 is 0. The Bertz CT molecular complexity index is 832. The highest BCUT2D eigenvalue weighted by molar-refractivity contribution is 7.91. The Morgan fingerprint density at radius 2 is 2.21 bits per heavy atom. The van der Waals surface area contributed by atoms with Crippen LogP contribution in [-0.2, 0) is 19.4 Å². The first kappa shape index (κ1) is 16.4. The van der Waals surface area contributed by atoms with E-state index < -0.39 is 21.7 Å². The van der Waals surface area contributed by atoms with Crippen molar-refractivity contribution in [3.8, 4) is 5.75 Å². The first-order valence-corrected chi connectivity index (χ1v) is 9.28.